The maximum absolute atomic E-state index is 11.8. The smallest absolute Gasteiger partial charge is 0.250 e. The Morgan fingerprint density at radius 1 is 1.32 bits per heavy atom. The van der Waals surface area contributed by atoms with E-state index in [1.807, 2.05) is 6.07 Å². The molecule has 1 heterocycles. The average Bonchev–Trinajstić information content (AvgIpc) is 2.50. The van der Waals surface area contributed by atoms with E-state index in [1.165, 1.54) is 11.8 Å². The fourth-order valence-electron chi connectivity index (χ4n) is 2.08. The molecule has 1 aromatic carbocycles. The van der Waals surface area contributed by atoms with Crippen molar-refractivity contribution in [2.75, 3.05) is 25.9 Å². The van der Waals surface area contributed by atoms with Gasteiger partial charge in [-0.25, -0.2) is 5.43 Å². The number of rotatable bonds is 5. The first-order valence-corrected chi connectivity index (χ1v) is 9.01. The number of amides is 1. The second-order valence-corrected chi connectivity index (χ2v) is 7.01. The molecule has 1 aliphatic heterocycles. The largest absolute Gasteiger partial charge is 0.306 e. The van der Waals surface area contributed by atoms with Gasteiger partial charge in [0.05, 0.1) is 5.75 Å². The maximum Gasteiger partial charge on any atom is 0.250 e. The topological polar surface area (TPSA) is 44.7 Å². The molecule has 0 atom stereocenters. The van der Waals surface area contributed by atoms with Gasteiger partial charge in [-0.3, -0.25) is 4.79 Å². The molecule has 22 heavy (non-hydrogen) atoms. The molecular formula is C15H19Cl2N3OS. The zero-order valence-electron chi connectivity index (χ0n) is 12.4. The number of hydrogen-bond donors (Lipinski definition) is 1. The molecule has 1 aromatic rings. The van der Waals surface area contributed by atoms with Crippen LogP contribution >= 0.6 is 35.0 Å². The summed E-state index contributed by atoms with van der Waals surface area (Å²) in [5.74, 6) is 0.838. The van der Waals surface area contributed by atoms with Gasteiger partial charge in [-0.2, -0.15) is 5.10 Å². The molecule has 0 bridgehead atoms. The van der Waals surface area contributed by atoms with Crippen molar-refractivity contribution in [3.8, 4) is 0 Å². The molecule has 2 rings (SSSR count). The zero-order valence-corrected chi connectivity index (χ0v) is 14.8. The number of nitrogens with zero attached hydrogens (tertiary/aromatic N) is 2. The summed E-state index contributed by atoms with van der Waals surface area (Å²) in [7, 11) is 2.09. The second-order valence-electron chi connectivity index (χ2n) is 5.21. The summed E-state index contributed by atoms with van der Waals surface area (Å²) in [5.41, 5.74) is 4.55. The van der Waals surface area contributed by atoms with E-state index in [9.17, 15) is 4.79 Å². The van der Waals surface area contributed by atoms with Gasteiger partial charge in [0.25, 0.3) is 0 Å². The lowest BCUT2D eigenvalue weighted by Gasteiger charge is -2.22. The third kappa shape index (κ3) is 5.47. The third-order valence-electron chi connectivity index (χ3n) is 3.44. The van der Waals surface area contributed by atoms with Crippen molar-refractivity contribution in [3.05, 3.63) is 33.8 Å². The Balaban J connectivity index is 1.73. The molecule has 0 saturated carbocycles. The average molecular weight is 360 g/mol. The van der Waals surface area contributed by atoms with Crippen molar-refractivity contribution in [2.24, 2.45) is 5.10 Å². The Morgan fingerprint density at radius 2 is 1.95 bits per heavy atom. The number of thioether (sulfide) groups is 1. The SMILES string of the molecule is CN1CCC(=NNC(=O)CSCc2c(Cl)cccc2Cl)CC1. The molecule has 0 radical (unpaired) electrons. The molecule has 0 aliphatic carbocycles. The van der Waals surface area contributed by atoms with E-state index in [-0.39, 0.29) is 5.91 Å². The maximum atomic E-state index is 11.8. The van der Waals surface area contributed by atoms with Crippen molar-refractivity contribution in [1.29, 1.82) is 0 Å². The van der Waals surface area contributed by atoms with Crippen LogP contribution in [0, 0.1) is 0 Å². The standard InChI is InChI=1S/C15H19Cl2N3OS/c1-20-7-5-11(6-8-20)18-19-15(21)10-22-9-12-13(16)3-2-4-14(12)17/h2-4H,5-10H2,1H3,(H,19,21). The first-order valence-electron chi connectivity index (χ1n) is 7.09. The lowest BCUT2D eigenvalue weighted by atomic mass is 10.1. The van der Waals surface area contributed by atoms with E-state index in [0.29, 0.717) is 21.6 Å². The molecule has 0 unspecified atom stereocenters. The summed E-state index contributed by atoms with van der Waals surface area (Å²) < 4.78 is 0. The molecule has 4 nitrogen and oxygen atoms in total. The van der Waals surface area contributed by atoms with E-state index < -0.39 is 0 Å². The van der Waals surface area contributed by atoms with E-state index in [4.69, 9.17) is 23.2 Å². The number of hydrogen-bond acceptors (Lipinski definition) is 4. The number of hydrazone groups is 1. The quantitative estimate of drug-likeness (QED) is 0.819. The van der Waals surface area contributed by atoms with Crippen molar-refractivity contribution < 1.29 is 4.79 Å². The fourth-order valence-corrected chi connectivity index (χ4v) is 3.63. The number of piperidine rings is 1. The molecule has 0 spiro atoms. The van der Waals surface area contributed by atoms with Gasteiger partial charge < -0.3 is 4.90 Å². The molecule has 0 aromatic heterocycles. The van der Waals surface area contributed by atoms with Crippen molar-refractivity contribution >= 4 is 46.6 Å². The normalized spacial score (nSPS) is 15.7. The Morgan fingerprint density at radius 3 is 2.59 bits per heavy atom. The van der Waals surface area contributed by atoms with Crippen LogP contribution < -0.4 is 5.43 Å². The van der Waals surface area contributed by atoms with Gasteiger partial charge in [-0.15, -0.1) is 11.8 Å². The van der Waals surface area contributed by atoms with Crippen LogP contribution in [0.1, 0.15) is 18.4 Å². The number of benzene rings is 1. The van der Waals surface area contributed by atoms with Crippen LogP contribution in [0.4, 0.5) is 0 Å². The van der Waals surface area contributed by atoms with Crippen LogP contribution in [0.3, 0.4) is 0 Å². The Labute approximate surface area is 145 Å². The minimum atomic E-state index is -0.0976. The summed E-state index contributed by atoms with van der Waals surface area (Å²) in [6, 6.07) is 5.41. The van der Waals surface area contributed by atoms with Crippen LogP contribution in [0.25, 0.3) is 0 Å². The molecular weight excluding hydrogens is 341 g/mol. The minimum Gasteiger partial charge on any atom is -0.306 e. The summed E-state index contributed by atoms with van der Waals surface area (Å²) in [4.78, 5) is 14.0. The number of halogens is 2. The van der Waals surface area contributed by atoms with Crippen LogP contribution in [0.15, 0.2) is 23.3 Å². The molecule has 1 fully saturated rings. The number of likely N-dealkylation sites (tertiary alicyclic amines) is 1. The monoisotopic (exact) mass is 359 g/mol. The number of nitrogens with one attached hydrogen (secondary N) is 1. The van der Waals surface area contributed by atoms with Crippen LogP contribution in [-0.2, 0) is 10.5 Å². The van der Waals surface area contributed by atoms with Crippen LogP contribution in [0.2, 0.25) is 10.0 Å². The van der Waals surface area contributed by atoms with Crippen LogP contribution in [0.5, 0.6) is 0 Å². The van der Waals surface area contributed by atoms with E-state index in [1.54, 1.807) is 12.1 Å². The number of carbonyl (C=O) groups excluding carboxylic acids is 1. The highest BCUT2D eigenvalue weighted by Gasteiger charge is 2.12. The van der Waals surface area contributed by atoms with Gasteiger partial charge in [0.1, 0.15) is 0 Å². The molecule has 1 amide bonds. The van der Waals surface area contributed by atoms with Crippen molar-refractivity contribution in [3.63, 3.8) is 0 Å². The van der Waals surface area contributed by atoms with E-state index >= 15 is 0 Å². The Bertz CT molecular complexity index is 535. The highest BCUT2D eigenvalue weighted by atomic mass is 35.5. The van der Waals surface area contributed by atoms with Crippen LogP contribution in [-0.4, -0.2) is 42.4 Å². The summed E-state index contributed by atoms with van der Waals surface area (Å²) in [6.07, 6.45) is 1.83. The van der Waals surface area contributed by atoms with Gasteiger partial charge in [-0.05, 0) is 24.7 Å². The van der Waals surface area contributed by atoms with E-state index in [0.717, 1.165) is 37.2 Å². The highest BCUT2D eigenvalue weighted by Crippen LogP contribution is 2.28. The molecule has 1 aliphatic rings. The lowest BCUT2D eigenvalue weighted by Crippen LogP contribution is -2.32. The molecule has 120 valence electrons. The minimum absolute atomic E-state index is 0.0976. The molecule has 7 heteroatoms. The number of carbonyl (C=O) groups is 1. The van der Waals surface area contributed by atoms with Crippen molar-refractivity contribution in [1.82, 2.24) is 10.3 Å². The van der Waals surface area contributed by atoms with Gasteiger partial charge in [-0.1, -0.05) is 29.3 Å². The van der Waals surface area contributed by atoms with Crippen molar-refractivity contribution in [2.45, 2.75) is 18.6 Å². The first-order chi connectivity index (χ1) is 10.6. The van der Waals surface area contributed by atoms with Gasteiger partial charge in [0, 0.05) is 47.4 Å². The predicted octanol–water partition coefficient (Wildman–Crippen LogP) is 3.42. The summed E-state index contributed by atoms with van der Waals surface area (Å²) in [5, 5.41) is 5.47. The zero-order chi connectivity index (χ0) is 15.9. The van der Waals surface area contributed by atoms with Gasteiger partial charge in [0.2, 0.25) is 5.91 Å². The third-order valence-corrected chi connectivity index (χ3v) is 5.11. The summed E-state index contributed by atoms with van der Waals surface area (Å²) >= 11 is 13.7. The second kappa shape index (κ2) is 8.77. The Hall–Kier alpha value is -0.750. The molecule has 1 saturated heterocycles. The predicted molar refractivity (Wildman–Crippen MR) is 94.9 cm³/mol. The lowest BCUT2D eigenvalue weighted by molar-refractivity contribution is -0.118. The molecule has 1 N–H and O–H groups in total. The highest BCUT2D eigenvalue weighted by molar-refractivity contribution is 7.99. The van der Waals surface area contributed by atoms with E-state index in [2.05, 4.69) is 22.5 Å². The fraction of sp³-hybridized carbons (Fsp3) is 0.467. The summed E-state index contributed by atoms with van der Waals surface area (Å²) in [6.45, 7) is 1.99. The Kier molecular flexibility index (Phi) is 7.02. The first kappa shape index (κ1) is 17.6. The van der Waals surface area contributed by atoms with Gasteiger partial charge >= 0.3 is 0 Å². The van der Waals surface area contributed by atoms with Gasteiger partial charge in [0.15, 0.2) is 0 Å².